The number of nitrogens with one attached hydrogen (secondary N) is 1. The molecular formula is C10H11ClFNO. The molecule has 76 valence electrons. The summed E-state index contributed by atoms with van der Waals surface area (Å²) < 4.78 is 12.9. The lowest BCUT2D eigenvalue weighted by atomic mass is 10.0. The molecule has 14 heavy (non-hydrogen) atoms. The van der Waals surface area contributed by atoms with E-state index < -0.39 is 5.82 Å². The van der Waals surface area contributed by atoms with E-state index in [1.165, 1.54) is 6.07 Å². The Morgan fingerprint density at radius 1 is 1.50 bits per heavy atom. The molecule has 1 aliphatic rings. The Morgan fingerprint density at radius 2 is 2.29 bits per heavy atom. The van der Waals surface area contributed by atoms with Gasteiger partial charge in [-0.1, -0.05) is 11.6 Å². The zero-order valence-corrected chi connectivity index (χ0v) is 8.31. The van der Waals surface area contributed by atoms with Crippen molar-refractivity contribution in [1.29, 1.82) is 0 Å². The van der Waals surface area contributed by atoms with Crippen molar-refractivity contribution in [3.63, 3.8) is 0 Å². The average molecular weight is 216 g/mol. The van der Waals surface area contributed by atoms with Crippen molar-refractivity contribution in [1.82, 2.24) is 5.32 Å². The fraction of sp³-hybridized carbons (Fsp3) is 0.400. The van der Waals surface area contributed by atoms with Gasteiger partial charge in [-0.25, -0.2) is 4.39 Å². The maximum absolute atomic E-state index is 12.9. The number of benzene rings is 1. The van der Waals surface area contributed by atoms with Crippen molar-refractivity contribution in [3.05, 3.63) is 28.5 Å². The highest BCUT2D eigenvalue weighted by Gasteiger charge is 2.20. The van der Waals surface area contributed by atoms with Gasteiger partial charge in [0.25, 0.3) is 0 Å². The van der Waals surface area contributed by atoms with Crippen LogP contribution in [0.2, 0.25) is 5.02 Å². The van der Waals surface area contributed by atoms with Crippen LogP contribution < -0.4 is 5.32 Å². The van der Waals surface area contributed by atoms with Crippen LogP contribution in [-0.2, 0) is 0 Å². The van der Waals surface area contributed by atoms with Crippen LogP contribution in [0.15, 0.2) is 12.1 Å². The molecule has 0 aliphatic carbocycles. The number of halogens is 2. The summed E-state index contributed by atoms with van der Waals surface area (Å²) >= 11 is 5.65. The molecule has 1 aromatic rings. The zero-order chi connectivity index (χ0) is 10.1. The number of hydrogen-bond acceptors (Lipinski definition) is 2. The van der Waals surface area contributed by atoms with Crippen molar-refractivity contribution >= 4 is 11.6 Å². The lowest BCUT2D eigenvalue weighted by Crippen LogP contribution is -2.13. The lowest BCUT2D eigenvalue weighted by molar-refractivity contribution is 0.451. The number of hydrogen-bond donors (Lipinski definition) is 2. The van der Waals surface area contributed by atoms with Crippen LogP contribution in [0.1, 0.15) is 24.4 Å². The van der Waals surface area contributed by atoms with Gasteiger partial charge in [-0.15, -0.1) is 0 Å². The first-order valence-electron chi connectivity index (χ1n) is 4.60. The van der Waals surface area contributed by atoms with Gasteiger partial charge in [0.05, 0.1) is 5.02 Å². The van der Waals surface area contributed by atoms with Crippen LogP contribution in [0, 0.1) is 5.82 Å². The molecule has 0 spiro atoms. The first-order chi connectivity index (χ1) is 6.68. The summed E-state index contributed by atoms with van der Waals surface area (Å²) in [7, 11) is 0. The van der Waals surface area contributed by atoms with Crippen LogP contribution in [0.3, 0.4) is 0 Å². The normalized spacial score (nSPS) is 21.4. The smallest absolute Gasteiger partial charge is 0.145 e. The van der Waals surface area contributed by atoms with Crippen molar-refractivity contribution in [2.24, 2.45) is 0 Å². The Balaban J connectivity index is 2.37. The first-order valence-corrected chi connectivity index (χ1v) is 4.97. The minimum atomic E-state index is -0.578. The topological polar surface area (TPSA) is 32.3 Å². The quantitative estimate of drug-likeness (QED) is 0.755. The standard InChI is InChI=1S/C10H11ClFNO/c11-7-4-6(9-2-1-3-13-9)10(14)5-8(7)12/h4-5,9,13-14H,1-3H2/t9-/m0/s1. The second-order valence-electron chi connectivity index (χ2n) is 3.47. The van der Waals surface area contributed by atoms with Gasteiger partial charge in [0.1, 0.15) is 11.6 Å². The van der Waals surface area contributed by atoms with E-state index >= 15 is 0 Å². The minimum Gasteiger partial charge on any atom is -0.508 e. The SMILES string of the molecule is Oc1cc(F)c(Cl)cc1[C@@H]1CCCN1. The summed E-state index contributed by atoms with van der Waals surface area (Å²) in [5.41, 5.74) is 0.689. The second-order valence-corrected chi connectivity index (χ2v) is 3.88. The molecular weight excluding hydrogens is 205 g/mol. The molecule has 0 unspecified atom stereocenters. The Labute approximate surface area is 86.7 Å². The molecule has 1 heterocycles. The van der Waals surface area contributed by atoms with E-state index in [4.69, 9.17) is 11.6 Å². The average Bonchev–Trinajstić information content (AvgIpc) is 2.64. The number of phenolic OH excluding ortho intramolecular Hbond substituents is 1. The van der Waals surface area contributed by atoms with Gasteiger partial charge in [-0.3, -0.25) is 0 Å². The lowest BCUT2D eigenvalue weighted by Gasteiger charge is -2.12. The summed E-state index contributed by atoms with van der Waals surface area (Å²) in [6.07, 6.45) is 2.02. The highest BCUT2D eigenvalue weighted by Crippen LogP contribution is 2.33. The summed E-state index contributed by atoms with van der Waals surface area (Å²) in [5.74, 6) is -0.600. The third-order valence-corrected chi connectivity index (χ3v) is 2.79. The summed E-state index contributed by atoms with van der Waals surface area (Å²) in [5, 5.41) is 12.8. The summed E-state index contributed by atoms with van der Waals surface area (Å²) in [6, 6.07) is 2.67. The van der Waals surface area contributed by atoms with Gasteiger partial charge >= 0.3 is 0 Å². The fourth-order valence-corrected chi connectivity index (χ4v) is 1.95. The van der Waals surface area contributed by atoms with Gasteiger partial charge in [0.2, 0.25) is 0 Å². The molecule has 0 radical (unpaired) electrons. The van der Waals surface area contributed by atoms with Crippen molar-refractivity contribution in [2.75, 3.05) is 6.54 Å². The van der Waals surface area contributed by atoms with E-state index in [1.54, 1.807) is 0 Å². The molecule has 0 aromatic heterocycles. The Bertz CT molecular complexity index is 350. The first kappa shape index (κ1) is 9.74. The highest BCUT2D eigenvalue weighted by molar-refractivity contribution is 6.30. The molecule has 1 atom stereocenters. The van der Waals surface area contributed by atoms with Crippen LogP contribution in [-0.4, -0.2) is 11.7 Å². The molecule has 0 bridgehead atoms. The molecule has 1 fully saturated rings. The maximum atomic E-state index is 12.9. The van der Waals surface area contributed by atoms with Gasteiger partial charge in [-0.2, -0.15) is 0 Å². The van der Waals surface area contributed by atoms with Gasteiger partial charge < -0.3 is 10.4 Å². The van der Waals surface area contributed by atoms with E-state index in [-0.39, 0.29) is 16.8 Å². The Kier molecular flexibility index (Phi) is 2.61. The zero-order valence-electron chi connectivity index (χ0n) is 7.56. The van der Waals surface area contributed by atoms with E-state index in [0.717, 1.165) is 25.5 Å². The van der Waals surface area contributed by atoms with Gasteiger partial charge in [0.15, 0.2) is 0 Å². The highest BCUT2D eigenvalue weighted by atomic mass is 35.5. The van der Waals surface area contributed by atoms with E-state index in [9.17, 15) is 9.50 Å². The predicted molar refractivity (Wildman–Crippen MR) is 53.1 cm³/mol. The summed E-state index contributed by atoms with van der Waals surface area (Å²) in [4.78, 5) is 0. The number of phenols is 1. The molecule has 4 heteroatoms. The van der Waals surface area contributed by atoms with E-state index in [0.29, 0.717) is 5.56 Å². The predicted octanol–water partition coefficient (Wildman–Crippen LogP) is 2.61. The molecule has 2 rings (SSSR count). The van der Waals surface area contributed by atoms with E-state index in [2.05, 4.69) is 5.32 Å². The second kappa shape index (κ2) is 3.75. The Morgan fingerprint density at radius 3 is 2.93 bits per heavy atom. The number of rotatable bonds is 1. The van der Waals surface area contributed by atoms with Crippen LogP contribution >= 0.6 is 11.6 Å². The van der Waals surface area contributed by atoms with Crippen molar-refractivity contribution < 1.29 is 9.50 Å². The van der Waals surface area contributed by atoms with Crippen LogP contribution in [0.5, 0.6) is 5.75 Å². The molecule has 1 aliphatic heterocycles. The van der Waals surface area contributed by atoms with E-state index in [1.807, 2.05) is 0 Å². The molecule has 1 saturated heterocycles. The minimum absolute atomic E-state index is 0.0219. The molecule has 1 aromatic carbocycles. The molecule has 2 N–H and O–H groups in total. The number of aromatic hydroxyl groups is 1. The third-order valence-electron chi connectivity index (χ3n) is 2.51. The maximum Gasteiger partial charge on any atom is 0.145 e. The van der Waals surface area contributed by atoms with Gasteiger partial charge in [-0.05, 0) is 25.5 Å². The largest absolute Gasteiger partial charge is 0.508 e. The molecule has 2 nitrogen and oxygen atoms in total. The third kappa shape index (κ3) is 1.70. The van der Waals surface area contributed by atoms with Gasteiger partial charge in [0, 0.05) is 17.7 Å². The monoisotopic (exact) mass is 215 g/mol. The molecule has 0 saturated carbocycles. The summed E-state index contributed by atoms with van der Waals surface area (Å²) in [6.45, 7) is 0.930. The Hall–Kier alpha value is -0.800. The van der Waals surface area contributed by atoms with Crippen LogP contribution in [0.4, 0.5) is 4.39 Å². The van der Waals surface area contributed by atoms with Crippen LogP contribution in [0.25, 0.3) is 0 Å². The molecule has 0 amide bonds. The van der Waals surface area contributed by atoms with Crippen molar-refractivity contribution in [3.8, 4) is 5.75 Å². The van der Waals surface area contributed by atoms with Crippen molar-refractivity contribution in [2.45, 2.75) is 18.9 Å². The fourth-order valence-electron chi connectivity index (χ4n) is 1.78.